The summed E-state index contributed by atoms with van der Waals surface area (Å²) in [6.45, 7) is 6.33. The minimum absolute atomic E-state index is 0.0306. The van der Waals surface area contributed by atoms with Crippen LogP contribution in [0.15, 0.2) is 0 Å². The number of likely N-dealkylation sites (tertiary alicyclic amines) is 1. The molecule has 106 valence electrons. The quantitative estimate of drug-likeness (QED) is 0.742. The maximum absolute atomic E-state index is 12.4. The van der Waals surface area contributed by atoms with Gasteiger partial charge in [0.05, 0.1) is 5.75 Å². The second-order valence-corrected chi connectivity index (χ2v) is 7.10. The third kappa shape index (κ3) is 5.66. The number of carbonyl (C=O) groups is 1. The molecule has 1 atom stereocenters. The van der Waals surface area contributed by atoms with E-state index in [0.29, 0.717) is 19.5 Å². The molecule has 1 aliphatic heterocycles. The van der Waals surface area contributed by atoms with Crippen LogP contribution in [-0.2, 0) is 15.0 Å². The Labute approximate surface area is 108 Å². The molecule has 7 heteroatoms. The molecule has 0 spiro atoms. The van der Waals surface area contributed by atoms with Crippen molar-refractivity contribution in [3.63, 3.8) is 0 Å². The van der Waals surface area contributed by atoms with Crippen LogP contribution < -0.4 is 0 Å². The molecule has 1 saturated heterocycles. The van der Waals surface area contributed by atoms with E-state index in [1.807, 2.05) is 0 Å². The summed E-state index contributed by atoms with van der Waals surface area (Å²) in [6.07, 6.45) is 0.542. The molecule has 1 aliphatic rings. The van der Waals surface area contributed by atoms with Gasteiger partial charge in [-0.05, 0) is 39.5 Å². The van der Waals surface area contributed by atoms with E-state index in [1.54, 1.807) is 25.7 Å². The Hall–Kier alpha value is -0.850. The van der Waals surface area contributed by atoms with Crippen LogP contribution in [0.25, 0.3) is 0 Å². The number of ether oxygens (including phenoxy) is 1. The molecule has 18 heavy (non-hydrogen) atoms. The molecule has 0 bridgehead atoms. The van der Waals surface area contributed by atoms with Gasteiger partial charge in [0.15, 0.2) is 0 Å². The minimum Gasteiger partial charge on any atom is -0.444 e. The lowest BCUT2D eigenvalue weighted by atomic mass is 10.1. The van der Waals surface area contributed by atoms with Crippen LogP contribution in [0.2, 0.25) is 0 Å². The van der Waals surface area contributed by atoms with E-state index in [4.69, 9.17) is 4.74 Å². The SMILES string of the molecule is CC(C)(C)OC(=O)N1CCC(CCS(=O)(=O)F)C1. The van der Waals surface area contributed by atoms with Gasteiger partial charge in [-0.15, -0.1) is 3.89 Å². The smallest absolute Gasteiger partial charge is 0.410 e. The first-order valence-electron chi connectivity index (χ1n) is 5.97. The summed E-state index contributed by atoms with van der Waals surface area (Å²) in [5.41, 5.74) is -0.544. The Morgan fingerprint density at radius 2 is 2.06 bits per heavy atom. The van der Waals surface area contributed by atoms with Crippen molar-refractivity contribution in [2.24, 2.45) is 5.92 Å². The molecule has 1 rings (SSSR count). The van der Waals surface area contributed by atoms with Crippen molar-refractivity contribution in [3.05, 3.63) is 0 Å². The van der Waals surface area contributed by atoms with Gasteiger partial charge < -0.3 is 9.64 Å². The lowest BCUT2D eigenvalue weighted by Crippen LogP contribution is -2.35. The zero-order valence-electron chi connectivity index (χ0n) is 11.0. The van der Waals surface area contributed by atoms with E-state index in [0.717, 1.165) is 0 Å². The van der Waals surface area contributed by atoms with Gasteiger partial charge in [0, 0.05) is 13.1 Å². The van der Waals surface area contributed by atoms with Crippen LogP contribution in [0.1, 0.15) is 33.6 Å². The number of hydrogen-bond acceptors (Lipinski definition) is 4. The van der Waals surface area contributed by atoms with Gasteiger partial charge in [0.1, 0.15) is 5.60 Å². The highest BCUT2D eigenvalue weighted by atomic mass is 32.3. The summed E-state index contributed by atoms with van der Waals surface area (Å²) in [4.78, 5) is 13.3. The first kappa shape index (κ1) is 15.2. The first-order valence-corrected chi connectivity index (χ1v) is 7.52. The minimum atomic E-state index is -4.41. The molecule has 0 N–H and O–H groups in total. The van der Waals surface area contributed by atoms with Crippen LogP contribution in [0.3, 0.4) is 0 Å². The topological polar surface area (TPSA) is 63.7 Å². The second-order valence-electron chi connectivity index (χ2n) is 5.61. The van der Waals surface area contributed by atoms with Gasteiger partial charge in [-0.25, -0.2) is 4.79 Å². The van der Waals surface area contributed by atoms with Gasteiger partial charge in [0.2, 0.25) is 0 Å². The van der Waals surface area contributed by atoms with Crippen molar-refractivity contribution in [1.82, 2.24) is 4.90 Å². The Morgan fingerprint density at radius 1 is 1.44 bits per heavy atom. The molecule has 1 amide bonds. The summed E-state index contributed by atoms with van der Waals surface area (Å²) in [5, 5.41) is 0. The van der Waals surface area contributed by atoms with E-state index in [1.165, 1.54) is 0 Å². The zero-order valence-corrected chi connectivity index (χ0v) is 11.8. The van der Waals surface area contributed by atoms with Crippen LogP contribution in [-0.4, -0.2) is 43.9 Å². The van der Waals surface area contributed by atoms with Gasteiger partial charge in [0.25, 0.3) is 0 Å². The maximum atomic E-state index is 12.4. The summed E-state index contributed by atoms with van der Waals surface area (Å²) in [7, 11) is -4.41. The summed E-state index contributed by atoms with van der Waals surface area (Å²) in [6, 6.07) is 0. The largest absolute Gasteiger partial charge is 0.444 e. The van der Waals surface area contributed by atoms with E-state index in [2.05, 4.69) is 0 Å². The molecular formula is C11H20FNO4S. The third-order valence-corrected chi connectivity index (χ3v) is 3.43. The lowest BCUT2D eigenvalue weighted by Gasteiger charge is -2.24. The fourth-order valence-corrected chi connectivity index (χ4v) is 2.48. The number of carbonyl (C=O) groups excluding carboxylic acids is 1. The molecule has 0 aromatic carbocycles. The number of hydrogen-bond donors (Lipinski definition) is 0. The summed E-state index contributed by atoms with van der Waals surface area (Å²) < 4.78 is 38.4. The zero-order chi connectivity index (χ0) is 14.0. The van der Waals surface area contributed by atoms with E-state index in [9.17, 15) is 17.1 Å². The summed E-state index contributed by atoms with van der Waals surface area (Å²) >= 11 is 0. The number of amides is 1. The predicted octanol–water partition coefficient (Wildman–Crippen LogP) is 1.93. The van der Waals surface area contributed by atoms with Gasteiger partial charge >= 0.3 is 16.3 Å². The predicted molar refractivity (Wildman–Crippen MR) is 65.4 cm³/mol. The Morgan fingerprint density at radius 3 is 2.56 bits per heavy atom. The van der Waals surface area contributed by atoms with Crippen molar-refractivity contribution in [2.75, 3.05) is 18.8 Å². The van der Waals surface area contributed by atoms with Crippen LogP contribution in [0.5, 0.6) is 0 Å². The normalized spacial score (nSPS) is 21.1. The highest BCUT2D eigenvalue weighted by molar-refractivity contribution is 7.86. The van der Waals surface area contributed by atoms with Crippen LogP contribution >= 0.6 is 0 Å². The molecule has 1 unspecified atom stereocenters. The number of nitrogens with zero attached hydrogens (tertiary/aromatic N) is 1. The Bertz CT molecular complexity index is 402. The fourth-order valence-electron chi connectivity index (χ4n) is 1.87. The standard InChI is InChI=1S/C11H20FNO4S/c1-11(2,3)17-10(14)13-6-4-9(8-13)5-7-18(12,15)16/h9H,4-8H2,1-3H3. The number of rotatable bonds is 3. The van der Waals surface area contributed by atoms with Gasteiger partial charge in [-0.2, -0.15) is 8.42 Å². The third-order valence-electron chi connectivity index (χ3n) is 2.71. The molecule has 0 aromatic heterocycles. The van der Waals surface area contributed by atoms with Crippen molar-refractivity contribution in [2.45, 2.75) is 39.2 Å². The molecular weight excluding hydrogens is 261 g/mol. The number of halogens is 1. The summed E-state index contributed by atoms with van der Waals surface area (Å²) in [5.74, 6) is -0.442. The molecule has 0 aromatic rings. The van der Waals surface area contributed by atoms with Crippen molar-refractivity contribution < 1.29 is 21.8 Å². The Kier molecular flexibility index (Phi) is 4.58. The average molecular weight is 281 g/mol. The Balaban J connectivity index is 2.39. The maximum Gasteiger partial charge on any atom is 0.410 e. The van der Waals surface area contributed by atoms with Crippen molar-refractivity contribution >= 4 is 16.3 Å². The molecule has 0 radical (unpaired) electrons. The molecule has 1 fully saturated rings. The molecule has 0 aliphatic carbocycles. The van der Waals surface area contributed by atoms with Crippen LogP contribution in [0.4, 0.5) is 8.68 Å². The fraction of sp³-hybridized carbons (Fsp3) is 0.909. The molecule has 1 heterocycles. The second kappa shape index (κ2) is 5.42. The average Bonchev–Trinajstić information content (AvgIpc) is 2.58. The monoisotopic (exact) mass is 281 g/mol. The van der Waals surface area contributed by atoms with Crippen molar-refractivity contribution in [1.29, 1.82) is 0 Å². The van der Waals surface area contributed by atoms with E-state index < -0.39 is 27.7 Å². The molecule has 0 saturated carbocycles. The van der Waals surface area contributed by atoms with E-state index in [-0.39, 0.29) is 12.3 Å². The first-order chi connectivity index (χ1) is 8.07. The van der Waals surface area contributed by atoms with Crippen molar-refractivity contribution in [3.8, 4) is 0 Å². The van der Waals surface area contributed by atoms with Gasteiger partial charge in [-0.3, -0.25) is 0 Å². The highest BCUT2D eigenvalue weighted by Gasteiger charge is 2.30. The molecule has 5 nitrogen and oxygen atoms in total. The van der Waals surface area contributed by atoms with E-state index >= 15 is 0 Å². The lowest BCUT2D eigenvalue weighted by molar-refractivity contribution is 0.0288. The van der Waals surface area contributed by atoms with Gasteiger partial charge in [-0.1, -0.05) is 0 Å². The van der Waals surface area contributed by atoms with Crippen LogP contribution in [0, 0.1) is 5.92 Å². The highest BCUT2D eigenvalue weighted by Crippen LogP contribution is 2.22.